The molecule has 14 heavy (non-hydrogen) atoms. The van der Waals surface area contributed by atoms with E-state index in [1.54, 1.807) is 0 Å². The third-order valence-corrected chi connectivity index (χ3v) is 2.12. The molecule has 1 aliphatic rings. The SMILES string of the molecule is CC.CC.CN1CCc2ccccc21. The lowest BCUT2D eigenvalue weighted by molar-refractivity contribution is 0.956. The lowest BCUT2D eigenvalue weighted by Gasteiger charge is -2.10. The van der Waals surface area contributed by atoms with Crippen LogP contribution in [-0.4, -0.2) is 13.6 Å². The van der Waals surface area contributed by atoms with Crippen LogP contribution in [0.3, 0.4) is 0 Å². The van der Waals surface area contributed by atoms with Crippen LogP contribution in [0, 0.1) is 0 Å². The minimum absolute atomic E-state index is 1.18. The maximum absolute atomic E-state index is 2.30. The lowest BCUT2D eigenvalue weighted by atomic mass is 10.2. The van der Waals surface area contributed by atoms with Crippen LogP contribution in [0.2, 0.25) is 0 Å². The average molecular weight is 193 g/mol. The summed E-state index contributed by atoms with van der Waals surface area (Å²) < 4.78 is 0. The summed E-state index contributed by atoms with van der Waals surface area (Å²) in [6, 6.07) is 8.60. The van der Waals surface area contributed by atoms with Gasteiger partial charge in [0.2, 0.25) is 0 Å². The quantitative estimate of drug-likeness (QED) is 0.607. The van der Waals surface area contributed by atoms with E-state index in [2.05, 4.69) is 36.2 Å². The van der Waals surface area contributed by atoms with Gasteiger partial charge in [0.15, 0.2) is 0 Å². The molecular weight excluding hydrogens is 170 g/mol. The second-order valence-corrected chi connectivity index (χ2v) is 2.80. The Morgan fingerprint density at radius 2 is 1.57 bits per heavy atom. The minimum Gasteiger partial charge on any atom is -0.374 e. The van der Waals surface area contributed by atoms with Crippen molar-refractivity contribution in [2.24, 2.45) is 0 Å². The summed E-state index contributed by atoms with van der Waals surface area (Å²) >= 11 is 0. The normalized spacial score (nSPS) is 11.9. The van der Waals surface area contributed by atoms with Crippen LogP contribution in [0.25, 0.3) is 0 Å². The van der Waals surface area contributed by atoms with Gasteiger partial charge >= 0.3 is 0 Å². The molecule has 0 saturated heterocycles. The summed E-state index contributed by atoms with van der Waals surface area (Å²) in [6.07, 6.45) is 1.21. The predicted octanol–water partition coefficient (Wildman–Crippen LogP) is 3.73. The van der Waals surface area contributed by atoms with Crippen LogP contribution >= 0.6 is 0 Å². The standard InChI is InChI=1S/C9H11N.2C2H6/c1-10-7-6-8-4-2-3-5-9(8)10;2*1-2/h2-5H,6-7H2,1H3;2*1-2H3. The molecule has 0 radical (unpaired) electrons. The van der Waals surface area contributed by atoms with Crippen LogP contribution < -0.4 is 4.90 Å². The Kier molecular flexibility index (Phi) is 6.91. The van der Waals surface area contributed by atoms with Crippen molar-refractivity contribution in [2.75, 3.05) is 18.5 Å². The lowest BCUT2D eigenvalue weighted by Crippen LogP contribution is -2.12. The van der Waals surface area contributed by atoms with Crippen molar-refractivity contribution in [3.05, 3.63) is 29.8 Å². The van der Waals surface area contributed by atoms with Crippen molar-refractivity contribution < 1.29 is 0 Å². The Morgan fingerprint density at radius 1 is 1.00 bits per heavy atom. The van der Waals surface area contributed by atoms with Gasteiger partial charge in [0, 0.05) is 19.3 Å². The van der Waals surface area contributed by atoms with Gasteiger partial charge in [0.05, 0.1) is 0 Å². The van der Waals surface area contributed by atoms with Crippen molar-refractivity contribution in [3.63, 3.8) is 0 Å². The van der Waals surface area contributed by atoms with E-state index < -0.39 is 0 Å². The Labute approximate surface area is 88.8 Å². The molecule has 0 atom stereocenters. The summed E-state index contributed by atoms with van der Waals surface area (Å²) in [5.74, 6) is 0. The van der Waals surface area contributed by atoms with Gasteiger partial charge in [0.25, 0.3) is 0 Å². The van der Waals surface area contributed by atoms with E-state index in [1.807, 2.05) is 27.7 Å². The Bertz CT molecular complexity index is 243. The number of rotatable bonds is 0. The molecule has 0 aliphatic carbocycles. The molecule has 0 saturated carbocycles. The molecule has 1 nitrogen and oxygen atoms in total. The fourth-order valence-electron chi connectivity index (χ4n) is 1.50. The van der Waals surface area contributed by atoms with Crippen LogP contribution in [-0.2, 0) is 6.42 Å². The maximum Gasteiger partial charge on any atom is 0.0396 e. The van der Waals surface area contributed by atoms with Crippen molar-refractivity contribution in [1.82, 2.24) is 0 Å². The van der Waals surface area contributed by atoms with E-state index in [4.69, 9.17) is 0 Å². The van der Waals surface area contributed by atoms with Crippen LogP contribution in [0.1, 0.15) is 33.3 Å². The van der Waals surface area contributed by atoms with Crippen molar-refractivity contribution in [3.8, 4) is 0 Å². The second-order valence-electron chi connectivity index (χ2n) is 2.80. The molecular formula is C13H23N. The maximum atomic E-state index is 2.30. The predicted molar refractivity (Wildman–Crippen MR) is 66.1 cm³/mol. The van der Waals surface area contributed by atoms with Crippen LogP contribution in [0.5, 0.6) is 0 Å². The third-order valence-electron chi connectivity index (χ3n) is 2.12. The largest absolute Gasteiger partial charge is 0.374 e. The Hall–Kier alpha value is -0.980. The van der Waals surface area contributed by atoms with Gasteiger partial charge in [-0.25, -0.2) is 0 Å². The van der Waals surface area contributed by atoms with Crippen molar-refractivity contribution in [2.45, 2.75) is 34.1 Å². The molecule has 1 aromatic carbocycles. The first-order valence-corrected chi connectivity index (χ1v) is 5.67. The van der Waals surface area contributed by atoms with Crippen LogP contribution in [0.4, 0.5) is 5.69 Å². The molecule has 0 spiro atoms. The first-order chi connectivity index (χ1) is 6.88. The van der Waals surface area contributed by atoms with Gasteiger partial charge in [-0.05, 0) is 18.1 Å². The van der Waals surface area contributed by atoms with E-state index in [0.717, 1.165) is 0 Å². The molecule has 1 aromatic rings. The number of para-hydroxylation sites is 1. The number of hydrogen-bond acceptors (Lipinski definition) is 1. The van der Waals surface area contributed by atoms with Gasteiger partial charge in [0.1, 0.15) is 0 Å². The number of benzene rings is 1. The molecule has 1 heteroatoms. The van der Waals surface area contributed by atoms with Crippen molar-refractivity contribution >= 4 is 5.69 Å². The highest BCUT2D eigenvalue weighted by Gasteiger charge is 2.12. The van der Waals surface area contributed by atoms with E-state index in [0.29, 0.717) is 0 Å². The number of fused-ring (bicyclic) bond motifs is 1. The summed E-state index contributed by atoms with van der Waals surface area (Å²) in [5.41, 5.74) is 2.90. The van der Waals surface area contributed by atoms with Crippen LogP contribution in [0.15, 0.2) is 24.3 Å². The van der Waals surface area contributed by atoms with E-state index in [-0.39, 0.29) is 0 Å². The van der Waals surface area contributed by atoms with Gasteiger partial charge in [-0.15, -0.1) is 0 Å². The number of nitrogens with zero attached hydrogens (tertiary/aromatic N) is 1. The Balaban J connectivity index is 0.000000379. The second kappa shape index (κ2) is 7.43. The molecule has 1 heterocycles. The topological polar surface area (TPSA) is 3.24 Å². The first kappa shape index (κ1) is 13.0. The summed E-state index contributed by atoms with van der Waals surface area (Å²) in [4.78, 5) is 2.30. The van der Waals surface area contributed by atoms with E-state index in [9.17, 15) is 0 Å². The number of likely N-dealkylation sites (N-methyl/N-ethyl adjacent to an activating group) is 1. The highest BCUT2D eigenvalue weighted by molar-refractivity contribution is 5.56. The fourth-order valence-corrected chi connectivity index (χ4v) is 1.50. The van der Waals surface area contributed by atoms with Gasteiger partial charge in [-0.1, -0.05) is 45.9 Å². The fraction of sp³-hybridized carbons (Fsp3) is 0.538. The molecule has 0 N–H and O–H groups in total. The molecule has 0 bridgehead atoms. The molecule has 80 valence electrons. The average Bonchev–Trinajstić information content (AvgIpc) is 2.67. The molecule has 0 amide bonds. The van der Waals surface area contributed by atoms with Gasteiger partial charge in [-0.3, -0.25) is 0 Å². The zero-order valence-corrected chi connectivity index (χ0v) is 10.2. The van der Waals surface area contributed by atoms with Gasteiger partial charge in [-0.2, -0.15) is 0 Å². The molecule has 2 rings (SSSR count). The van der Waals surface area contributed by atoms with E-state index in [1.165, 1.54) is 24.2 Å². The zero-order chi connectivity index (χ0) is 11.0. The molecule has 1 aliphatic heterocycles. The molecule has 0 unspecified atom stereocenters. The summed E-state index contributed by atoms with van der Waals surface area (Å²) in [6.45, 7) is 9.18. The highest BCUT2D eigenvalue weighted by atomic mass is 15.1. The third kappa shape index (κ3) is 3.06. The summed E-state index contributed by atoms with van der Waals surface area (Å²) in [5, 5.41) is 0. The number of anilines is 1. The number of hydrogen-bond donors (Lipinski definition) is 0. The minimum atomic E-state index is 1.18. The first-order valence-electron chi connectivity index (χ1n) is 5.67. The van der Waals surface area contributed by atoms with Crippen molar-refractivity contribution in [1.29, 1.82) is 0 Å². The molecule has 0 fully saturated rings. The van der Waals surface area contributed by atoms with E-state index >= 15 is 0 Å². The zero-order valence-electron chi connectivity index (χ0n) is 10.2. The highest BCUT2D eigenvalue weighted by Crippen LogP contribution is 2.25. The monoisotopic (exact) mass is 193 g/mol. The smallest absolute Gasteiger partial charge is 0.0396 e. The summed E-state index contributed by atoms with van der Waals surface area (Å²) in [7, 11) is 2.14. The molecule has 0 aromatic heterocycles. The van der Waals surface area contributed by atoms with Gasteiger partial charge < -0.3 is 4.90 Å². The Morgan fingerprint density at radius 3 is 2.14 bits per heavy atom.